The minimum Gasteiger partial charge on any atom is -0.465 e. The number of carbonyl (C=O) groups is 1. The van der Waals surface area contributed by atoms with E-state index in [2.05, 4.69) is 13.0 Å². The molecule has 0 spiro atoms. The Hall–Kier alpha value is -3.10. The zero-order valence-corrected chi connectivity index (χ0v) is 19.9. The molecule has 5 heteroatoms. The maximum absolute atomic E-state index is 12.3. The molecule has 0 aliphatic rings. The molecule has 0 amide bonds. The van der Waals surface area contributed by atoms with Gasteiger partial charge in [0.25, 0.3) is 0 Å². The highest BCUT2D eigenvalue weighted by atomic mass is 32.2. The molecular formula is C28H30N2O2S. The Morgan fingerprint density at radius 2 is 1.58 bits per heavy atom. The van der Waals surface area contributed by atoms with E-state index in [9.17, 15) is 10.1 Å². The fourth-order valence-corrected chi connectivity index (χ4v) is 4.37. The molecule has 3 rings (SSSR count). The minimum absolute atomic E-state index is 0.129. The van der Waals surface area contributed by atoms with E-state index in [4.69, 9.17) is 9.72 Å². The maximum Gasteiger partial charge on any atom is 0.316 e. The SMILES string of the molecule is CCCCCCCCOC(=O)CSc1nc(-c2ccccc2)cc(-c2ccccc2)c1C#N. The Kier molecular flexibility index (Phi) is 10.0. The van der Waals surface area contributed by atoms with Gasteiger partial charge in [-0.1, -0.05) is 111 Å². The van der Waals surface area contributed by atoms with Crippen molar-refractivity contribution in [2.45, 2.75) is 50.5 Å². The number of benzene rings is 2. The molecule has 0 N–H and O–H groups in total. The smallest absolute Gasteiger partial charge is 0.316 e. The number of hydrogen-bond donors (Lipinski definition) is 0. The average molecular weight is 459 g/mol. The van der Waals surface area contributed by atoms with Crippen molar-refractivity contribution in [1.29, 1.82) is 5.26 Å². The van der Waals surface area contributed by atoms with E-state index in [0.29, 0.717) is 17.2 Å². The average Bonchev–Trinajstić information content (AvgIpc) is 2.87. The summed E-state index contributed by atoms with van der Waals surface area (Å²) in [4.78, 5) is 17.1. The van der Waals surface area contributed by atoms with Gasteiger partial charge in [-0.2, -0.15) is 5.26 Å². The molecule has 0 bridgehead atoms. The molecule has 0 unspecified atom stereocenters. The topological polar surface area (TPSA) is 63.0 Å². The van der Waals surface area contributed by atoms with Gasteiger partial charge < -0.3 is 4.74 Å². The normalized spacial score (nSPS) is 10.5. The number of thioether (sulfide) groups is 1. The molecule has 0 aliphatic heterocycles. The lowest BCUT2D eigenvalue weighted by Gasteiger charge is -2.12. The van der Waals surface area contributed by atoms with Crippen molar-refractivity contribution in [1.82, 2.24) is 4.98 Å². The van der Waals surface area contributed by atoms with Crippen molar-refractivity contribution in [2.24, 2.45) is 0 Å². The van der Waals surface area contributed by atoms with Crippen molar-refractivity contribution in [3.8, 4) is 28.5 Å². The molecular weight excluding hydrogens is 428 g/mol. The van der Waals surface area contributed by atoms with E-state index < -0.39 is 0 Å². The fraction of sp³-hybridized carbons (Fsp3) is 0.321. The predicted octanol–water partition coefficient (Wildman–Crippen LogP) is 7.28. The maximum atomic E-state index is 12.3. The predicted molar refractivity (Wildman–Crippen MR) is 135 cm³/mol. The van der Waals surface area contributed by atoms with Crippen molar-refractivity contribution in [2.75, 3.05) is 12.4 Å². The van der Waals surface area contributed by atoms with E-state index in [1.165, 1.54) is 37.4 Å². The monoisotopic (exact) mass is 458 g/mol. The van der Waals surface area contributed by atoms with Crippen LogP contribution in [0.5, 0.6) is 0 Å². The highest BCUT2D eigenvalue weighted by Crippen LogP contribution is 2.34. The largest absolute Gasteiger partial charge is 0.465 e. The number of nitriles is 1. The molecule has 0 saturated heterocycles. The number of esters is 1. The van der Waals surface area contributed by atoms with Gasteiger partial charge in [-0.25, -0.2) is 4.98 Å². The van der Waals surface area contributed by atoms with Gasteiger partial charge in [0, 0.05) is 11.1 Å². The summed E-state index contributed by atoms with van der Waals surface area (Å²) in [5.74, 6) is -0.144. The Morgan fingerprint density at radius 3 is 2.24 bits per heavy atom. The second-order valence-corrected chi connectivity index (χ2v) is 8.82. The summed E-state index contributed by atoms with van der Waals surface area (Å²) in [7, 11) is 0. The van der Waals surface area contributed by atoms with E-state index in [1.807, 2.05) is 66.7 Å². The van der Waals surface area contributed by atoms with Crippen LogP contribution in [0.3, 0.4) is 0 Å². The summed E-state index contributed by atoms with van der Waals surface area (Å²) in [6.07, 6.45) is 6.89. The first-order valence-corrected chi connectivity index (χ1v) is 12.6. The summed E-state index contributed by atoms with van der Waals surface area (Å²) >= 11 is 1.26. The van der Waals surface area contributed by atoms with Crippen LogP contribution < -0.4 is 0 Å². The Balaban J connectivity index is 1.73. The lowest BCUT2D eigenvalue weighted by molar-refractivity contribution is -0.140. The summed E-state index contributed by atoms with van der Waals surface area (Å²) in [6.45, 7) is 2.65. The number of ether oxygens (including phenoxy) is 1. The first kappa shape index (κ1) is 24.5. The molecule has 170 valence electrons. The number of unbranched alkanes of at least 4 members (excludes halogenated alkanes) is 5. The summed E-state index contributed by atoms with van der Waals surface area (Å²) in [6, 6.07) is 23.9. The Labute approximate surface area is 201 Å². The number of pyridine rings is 1. The Bertz CT molecular complexity index is 1060. The number of nitrogens with zero attached hydrogens (tertiary/aromatic N) is 2. The molecule has 0 fully saturated rings. The number of hydrogen-bond acceptors (Lipinski definition) is 5. The third-order valence-corrected chi connectivity index (χ3v) is 6.29. The molecule has 0 saturated carbocycles. The second kappa shape index (κ2) is 13.4. The molecule has 4 nitrogen and oxygen atoms in total. The van der Waals surface area contributed by atoms with E-state index in [-0.39, 0.29) is 11.7 Å². The van der Waals surface area contributed by atoms with Crippen LogP contribution in [0.15, 0.2) is 71.8 Å². The zero-order valence-electron chi connectivity index (χ0n) is 19.1. The lowest BCUT2D eigenvalue weighted by atomic mass is 9.99. The van der Waals surface area contributed by atoms with Crippen LogP contribution in [0.2, 0.25) is 0 Å². The lowest BCUT2D eigenvalue weighted by Crippen LogP contribution is -2.09. The highest BCUT2D eigenvalue weighted by Gasteiger charge is 2.17. The van der Waals surface area contributed by atoms with Gasteiger partial charge in [0.2, 0.25) is 0 Å². The third kappa shape index (κ3) is 7.47. The quantitative estimate of drug-likeness (QED) is 0.162. The van der Waals surface area contributed by atoms with Gasteiger partial charge in [0.1, 0.15) is 11.1 Å². The fourth-order valence-electron chi connectivity index (χ4n) is 3.57. The van der Waals surface area contributed by atoms with Gasteiger partial charge in [0.15, 0.2) is 0 Å². The number of carbonyl (C=O) groups excluding carboxylic acids is 1. The molecule has 1 aromatic heterocycles. The van der Waals surface area contributed by atoms with Crippen LogP contribution in [0.1, 0.15) is 51.0 Å². The van der Waals surface area contributed by atoms with E-state index in [0.717, 1.165) is 35.2 Å². The summed E-state index contributed by atoms with van der Waals surface area (Å²) in [5.41, 5.74) is 3.98. The molecule has 0 aliphatic carbocycles. The van der Waals surface area contributed by atoms with Crippen LogP contribution in [0.4, 0.5) is 0 Å². The molecule has 3 aromatic rings. The summed E-state index contributed by atoms with van der Waals surface area (Å²) in [5, 5.41) is 10.5. The molecule has 2 aromatic carbocycles. The first-order chi connectivity index (χ1) is 16.2. The molecule has 0 atom stereocenters. The van der Waals surface area contributed by atoms with Gasteiger partial charge in [-0.15, -0.1) is 0 Å². The second-order valence-electron chi connectivity index (χ2n) is 7.86. The van der Waals surface area contributed by atoms with Gasteiger partial charge in [-0.05, 0) is 18.1 Å². The van der Waals surface area contributed by atoms with Crippen LogP contribution in [-0.2, 0) is 9.53 Å². The summed E-state index contributed by atoms with van der Waals surface area (Å²) < 4.78 is 5.40. The van der Waals surface area contributed by atoms with Crippen molar-refractivity contribution < 1.29 is 9.53 Å². The highest BCUT2D eigenvalue weighted by molar-refractivity contribution is 7.99. The van der Waals surface area contributed by atoms with Gasteiger partial charge in [0.05, 0.1) is 23.6 Å². The minimum atomic E-state index is -0.273. The van der Waals surface area contributed by atoms with E-state index >= 15 is 0 Å². The first-order valence-electron chi connectivity index (χ1n) is 11.6. The third-order valence-electron chi connectivity index (χ3n) is 5.34. The number of aromatic nitrogens is 1. The number of rotatable bonds is 12. The van der Waals surface area contributed by atoms with Crippen molar-refractivity contribution in [3.05, 3.63) is 72.3 Å². The molecule has 0 radical (unpaired) electrons. The van der Waals surface area contributed by atoms with Crippen LogP contribution in [0, 0.1) is 11.3 Å². The van der Waals surface area contributed by atoms with Crippen LogP contribution in [0.25, 0.3) is 22.4 Å². The van der Waals surface area contributed by atoms with Crippen molar-refractivity contribution in [3.63, 3.8) is 0 Å². The molecule has 1 heterocycles. The van der Waals surface area contributed by atoms with Crippen LogP contribution >= 0.6 is 11.8 Å². The molecule has 33 heavy (non-hydrogen) atoms. The van der Waals surface area contributed by atoms with Gasteiger partial charge in [-0.3, -0.25) is 4.79 Å². The van der Waals surface area contributed by atoms with E-state index in [1.54, 1.807) is 0 Å². The van der Waals surface area contributed by atoms with Crippen LogP contribution in [-0.4, -0.2) is 23.3 Å². The van der Waals surface area contributed by atoms with Crippen molar-refractivity contribution >= 4 is 17.7 Å². The zero-order chi connectivity index (χ0) is 23.3. The standard InChI is InChI=1S/C28H30N2O2S/c1-2-3-4-5-6-13-18-32-27(31)21-33-28-25(20-29)24(22-14-9-7-10-15-22)19-26(30-28)23-16-11-8-12-17-23/h7-12,14-17,19H,2-6,13,18,21H2,1H3. The Morgan fingerprint density at radius 1 is 0.939 bits per heavy atom. The van der Waals surface area contributed by atoms with Gasteiger partial charge >= 0.3 is 5.97 Å².